The van der Waals surface area contributed by atoms with Crippen LogP contribution in [0.15, 0.2) is 22.9 Å². The number of nitrogens with zero attached hydrogens (tertiary/aromatic N) is 1. The third-order valence-corrected chi connectivity index (χ3v) is 3.52. The summed E-state index contributed by atoms with van der Waals surface area (Å²) in [6.45, 7) is 6.67. The average Bonchev–Trinajstić information content (AvgIpc) is 2.44. The molecule has 0 bridgehead atoms. The fraction of sp³-hybridized carbons (Fsp3) is 0.625. The molecule has 1 heterocycles. The van der Waals surface area contributed by atoms with E-state index in [1.807, 2.05) is 32.9 Å². The molecule has 0 radical (unpaired) electrons. The molecule has 7 heteroatoms. The molecule has 1 unspecified atom stereocenters. The van der Waals surface area contributed by atoms with Gasteiger partial charge in [-0.25, -0.2) is 9.78 Å². The first-order valence-electron chi connectivity index (χ1n) is 7.64. The van der Waals surface area contributed by atoms with Crippen molar-refractivity contribution in [1.29, 1.82) is 0 Å². The smallest absolute Gasteiger partial charge is 0.407 e. The van der Waals surface area contributed by atoms with Crippen LogP contribution in [-0.4, -0.2) is 43.0 Å². The standard InChI is InChI=1S/C16H26BrN3O3/c1-16(2,3)23-15(21)19-10-5-7-12(11-22-4)20-13-8-6-9-18-14(13)17/h6,8-9,12,20H,5,7,10-11H2,1-4H3,(H,19,21). The number of hydrogen-bond donors (Lipinski definition) is 2. The van der Waals surface area contributed by atoms with Crippen LogP contribution in [0.4, 0.5) is 10.5 Å². The zero-order chi connectivity index (χ0) is 17.3. The van der Waals surface area contributed by atoms with Crippen molar-refractivity contribution in [3.8, 4) is 0 Å². The van der Waals surface area contributed by atoms with Gasteiger partial charge in [0.1, 0.15) is 10.2 Å². The van der Waals surface area contributed by atoms with Crippen molar-refractivity contribution in [2.45, 2.75) is 45.3 Å². The summed E-state index contributed by atoms with van der Waals surface area (Å²) in [5.41, 5.74) is 0.450. The zero-order valence-corrected chi connectivity index (χ0v) is 15.8. The molecule has 1 rings (SSSR count). The summed E-state index contributed by atoms with van der Waals surface area (Å²) < 4.78 is 11.2. The molecule has 0 aliphatic rings. The number of carbonyl (C=O) groups is 1. The lowest BCUT2D eigenvalue weighted by molar-refractivity contribution is 0.0526. The molecule has 0 spiro atoms. The van der Waals surface area contributed by atoms with Gasteiger partial charge in [-0.05, 0) is 61.7 Å². The van der Waals surface area contributed by atoms with Crippen LogP contribution in [-0.2, 0) is 9.47 Å². The van der Waals surface area contributed by atoms with E-state index in [0.29, 0.717) is 13.2 Å². The third-order valence-electron chi connectivity index (χ3n) is 2.88. The SMILES string of the molecule is COCC(CCCNC(=O)OC(C)(C)C)Nc1cccnc1Br. The first kappa shape index (κ1) is 19.7. The topological polar surface area (TPSA) is 72.5 Å². The summed E-state index contributed by atoms with van der Waals surface area (Å²) in [5.74, 6) is 0. The van der Waals surface area contributed by atoms with Gasteiger partial charge >= 0.3 is 6.09 Å². The van der Waals surface area contributed by atoms with Crippen LogP contribution >= 0.6 is 15.9 Å². The van der Waals surface area contributed by atoms with Gasteiger partial charge in [0, 0.05) is 25.9 Å². The third kappa shape index (κ3) is 8.76. The number of methoxy groups -OCH3 is 1. The summed E-state index contributed by atoms with van der Waals surface area (Å²) in [7, 11) is 1.67. The first-order valence-corrected chi connectivity index (χ1v) is 8.44. The van der Waals surface area contributed by atoms with Crippen molar-refractivity contribution in [2.75, 3.05) is 25.6 Å². The molecule has 1 atom stereocenters. The maximum atomic E-state index is 11.6. The molecule has 2 N–H and O–H groups in total. The lowest BCUT2D eigenvalue weighted by Crippen LogP contribution is -2.34. The Morgan fingerprint density at radius 1 is 1.43 bits per heavy atom. The van der Waals surface area contributed by atoms with Crippen molar-refractivity contribution in [3.63, 3.8) is 0 Å². The van der Waals surface area contributed by atoms with E-state index in [9.17, 15) is 4.79 Å². The number of nitrogens with one attached hydrogen (secondary N) is 2. The molecular weight excluding hydrogens is 362 g/mol. The van der Waals surface area contributed by atoms with E-state index >= 15 is 0 Å². The molecule has 1 aromatic rings. The highest BCUT2D eigenvalue weighted by molar-refractivity contribution is 9.10. The fourth-order valence-corrected chi connectivity index (χ4v) is 2.33. The number of carbonyl (C=O) groups excluding carboxylic acids is 1. The number of anilines is 1. The largest absolute Gasteiger partial charge is 0.444 e. The molecule has 0 aromatic carbocycles. The minimum atomic E-state index is -0.475. The number of halogens is 1. The summed E-state index contributed by atoms with van der Waals surface area (Å²) in [6.07, 6.45) is 3.01. The second kappa shape index (κ2) is 9.72. The Morgan fingerprint density at radius 2 is 2.17 bits per heavy atom. The van der Waals surface area contributed by atoms with Crippen molar-refractivity contribution < 1.29 is 14.3 Å². The van der Waals surface area contributed by atoms with E-state index in [2.05, 4.69) is 31.5 Å². The Hall–Kier alpha value is -1.34. The Labute approximate surface area is 146 Å². The maximum absolute atomic E-state index is 11.6. The van der Waals surface area contributed by atoms with Crippen molar-refractivity contribution in [2.24, 2.45) is 0 Å². The van der Waals surface area contributed by atoms with E-state index in [4.69, 9.17) is 9.47 Å². The van der Waals surface area contributed by atoms with Gasteiger partial charge in [-0.1, -0.05) is 0 Å². The second-order valence-corrected chi connectivity index (χ2v) is 6.96. The van der Waals surface area contributed by atoms with Gasteiger partial charge in [0.2, 0.25) is 0 Å². The van der Waals surface area contributed by atoms with E-state index in [0.717, 1.165) is 23.1 Å². The normalized spacial score (nSPS) is 12.6. The lowest BCUT2D eigenvalue weighted by Gasteiger charge is -2.21. The van der Waals surface area contributed by atoms with Crippen LogP contribution in [0.1, 0.15) is 33.6 Å². The molecule has 0 saturated carbocycles. The molecule has 1 aromatic heterocycles. The Balaban J connectivity index is 2.36. The molecule has 23 heavy (non-hydrogen) atoms. The highest BCUT2D eigenvalue weighted by atomic mass is 79.9. The molecule has 130 valence electrons. The minimum Gasteiger partial charge on any atom is -0.444 e. The predicted octanol–water partition coefficient (Wildman–Crippen LogP) is 3.58. The van der Waals surface area contributed by atoms with E-state index in [1.54, 1.807) is 13.3 Å². The van der Waals surface area contributed by atoms with Gasteiger partial charge in [0.25, 0.3) is 0 Å². The van der Waals surface area contributed by atoms with E-state index in [1.165, 1.54) is 0 Å². The summed E-state index contributed by atoms with van der Waals surface area (Å²) >= 11 is 3.42. The van der Waals surface area contributed by atoms with Gasteiger partial charge < -0.3 is 20.1 Å². The van der Waals surface area contributed by atoms with Crippen LogP contribution in [0.25, 0.3) is 0 Å². The first-order chi connectivity index (χ1) is 10.8. The Bertz CT molecular complexity index is 492. The summed E-state index contributed by atoms with van der Waals surface area (Å²) in [5, 5.41) is 6.16. The van der Waals surface area contributed by atoms with Gasteiger partial charge in [0.05, 0.1) is 12.3 Å². The molecule has 0 saturated heterocycles. The van der Waals surface area contributed by atoms with Gasteiger partial charge in [-0.15, -0.1) is 0 Å². The molecule has 0 aliphatic carbocycles. The molecular formula is C16H26BrN3O3. The number of aromatic nitrogens is 1. The minimum absolute atomic E-state index is 0.140. The molecule has 1 amide bonds. The van der Waals surface area contributed by atoms with Crippen molar-refractivity contribution in [3.05, 3.63) is 22.9 Å². The van der Waals surface area contributed by atoms with E-state index in [-0.39, 0.29) is 12.1 Å². The average molecular weight is 388 g/mol. The van der Waals surface area contributed by atoms with Crippen molar-refractivity contribution in [1.82, 2.24) is 10.3 Å². The van der Waals surface area contributed by atoms with Crippen LogP contribution < -0.4 is 10.6 Å². The monoisotopic (exact) mass is 387 g/mol. The number of pyridine rings is 1. The number of amides is 1. The van der Waals surface area contributed by atoms with E-state index < -0.39 is 5.60 Å². The Morgan fingerprint density at radius 3 is 2.78 bits per heavy atom. The van der Waals surface area contributed by atoms with Gasteiger partial charge in [-0.2, -0.15) is 0 Å². The fourth-order valence-electron chi connectivity index (χ4n) is 1.97. The van der Waals surface area contributed by atoms with Crippen LogP contribution in [0.2, 0.25) is 0 Å². The number of alkyl carbamates (subject to hydrolysis) is 1. The molecule has 6 nitrogen and oxygen atoms in total. The highest BCUT2D eigenvalue weighted by Crippen LogP contribution is 2.20. The summed E-state index contributed by atoms with van der Waals surface area (Å²) in [6, 6.07) is 3.97. The van der Waals surface area contributed by atoms with Crippen LogP contribution in [0.5, 0.6) is 0 Å². The predicted molar refractivity (Wildman–Crippen MR) is 94.7 cm³/mol. The quantitative estimate of drug-likeness (QED) is 0.526. The van der Waals surface area contributed by atoms with Crippen molar-refractivity contribution >= 4 is 27.7 Å². The van der Waals surface area contributed by atoms with Crippen LogP contribution in [0.3, 0.4) is 0 Å². The summed E-state index contributed by atoms with van der Waals surface area (Å²) in [4.78, 5) is 15.8. The molecule has 0 aliphatic heterocycles. The maximum Gasteiger partial charge on any atom is 0.407 e. The second-order valence-electron chi connectivity index (χ2n) is 6.21. The number of ether oxygens (including phenoxy) is 2. The lowest BCUT2D eigenvalue weighted by atomic mass is 10.1. The Kier molecular flexibility index (Phi) is 8.33. The zero-order valence-electron chi connectivity index (χ0n) is 14.2. The highest BCUT2D eigenvalue weighted by Gasteiger charge is 2.16. The molecule has 0 fully saturated rings. The number of rotatable bonds is 8. The van der Waals surface area contributed by atoms with Gasteiger partial charge in [-0.3, -0.25) is 0 Å². The number of hydrogen-bond acceptors (Lipinski definition) is 5. The van der Waals surface area contributed by atoms with Gasteiger partial charge in [0.15, 0.2) is 0 Å². The van der Waals surface area contributed by atoms with Crippen LogP contribution in [0, 0.1) is 0 Å².